The SMILES string of the molecule is CCC1(CC)CCN(c2nc(C)c(CNCC(C)C)s2)C1. The Kier molecular flexibility index (Phi) is 5.67. The standard InChI is InChI=1S/C17H31N3S/c1-6-17(7-2)8-9-20(12-17)16-19-14(5)15(21-16)11-18-10-13(3)4/h13,18H,6-12H2,1-5H3. The lowest BCUT2D eigenvalue weighted by Gasteiger charge is -2.26. The molecule has 0 aliphatic carbocycles. The van der Waals surface area contributed by atoms with Crippen LogP contribution in [0.5, 0.6) is 0 Å². The van der Waals surface area contributed by atoms with Crippen molar-refractivity contribution in [3.8, 4) is 0 Å². The fourth-order valence-corrected chi connectivity index (χ4v) is 4.17. The molecule has 2 heterocycles. The normalized spacial score (nSPS) is 17.9. The van der Waals surface area contributed by atoms with Gasteiger partial charge in [0, 0.05) is 24.5 Å². The Balaban J connectivity index is 1.99. The first-order valence-corrected chi connectivity index (χ1v) is 9.23. The molecule has 1 saturated heterocycles. The molecule has 1 aliphatic rings. The van der Waals surface area contributed by atoms with E-state index in [9.17, 15) is 0 Å². The van der Waals surface area contributed by atoms with Crippen molar-refractivity contribution < 1.29 is 0 Å². The molecular formula is C17H31N3S. The summed E-state index contributed by atoms with van der Waals surface area (Å²) in [5, 5.41) is 4.77. The molecule has 1 aliphatic heterocycles. The molecule has 0 saturated carbocycles. The lowest BCUT2D eigenvalue weighted by atomic mass is 9.82. The van der Waals surface area contributed by atoms with Crippen LogP contribution in [0.3, 0.4) is 0 Å². The maximum Gasteiger partial charge on any atom is 0.185 e. The van der Waals surface area contributed by atoms with Crippen molar-refractivity contribution in [2.45, 2.75) is 60.4 Å². The van der Waals surface area contributed by atoms with Crippen LogP contribution in [-0.2, 0) is 6.54 Å². The molecule has 120 valence electrons. The zero-order valence-electron chi connectivity index (χ0n) is 14.3. The number of nitrogens with zero attached hydrogens (tertiary/aromatic N) is 2. The van der Waals surface area contributed by atoms with Gasteiger partial charge in [0.1, 0.15) is 0 Å². The van der Waals surface area contributed by atoms with E-state index in [0.717, 1.165) is 13.1 Å². The van der Waals surface area contributed by atoms with Crippen molar-refractivity contribution in [1.29, 1.82) is 0 Å². The maximum absolute atomic E-state index is 4.83. The Morgan fingerprint density at radius 3 is 2.62 bits per heavy atom. The molecule has 1 fully saturated rings. The third-order valence-corrected chi connectivity index (χ3v) is 6.15. The summed E-state index contributed by atoms with van der Waals surface area (Å²) in [6, 6.07) is 0. The summed E-state index contributed by atoms with van der Waals surface area (Å²) in [6.07, 6.45) is 3.89. The van der Waals surface area contributed by atoms with Gasteiger partial charge in [-0.2, -0.15) is 0 Å². The molecule has 21 heavy (non-hydrogen) atoms. The number of rotatable bonds is 7. The largest absolute Gasteiger partial charge is 0.348 e. The number of nitrogens with one attached hydrogen (secondary N) is 1. The van der Waals surface area contributed by atoms with Crippen molar-refractivity contribution >= 4 is 16.5 Å². The topological polar surface area (TPSA) is 28.2 Å². The van der Waals surface area contributed by atoms with Crippen molar-refractivity contribution in [3.63, 3.8) is 0 Å². The average molecular weight is 310 g/mol. The van der Waals surface area contributed by atoms with Gasteiger partial charge in [-0.25, -0.2) is 4.98 Å². The Bertz CT molecular complexity index is 449. The van der Waals surface area contributed by atoms with Crippen LogP contribution in [0.2, 0.25) is 0 Å². The van der Waals surface area contributed by atoms with Gasteiger partial charge < -0.3 is 10.2 Å². The number of hydrogen-bond donors (Lipinski definition) is 1. The Labute approximate surface area is 134 Å². The van der Waals surface area contributed by atoms with Crippen molar-refractivity contribution in [2.75, 3.05) is 24.5 Å². The molecule has 0 amide bonds. The van der Waals surface area contributed by atoms with E-state index in [2.05, 4.69) is 44.8 Å². The average Bonchev–Trinajstić information content (AvgIpc) is 3.04. The van der Waals surface area contributed by atoms with Crippen LogP contribution in [0.1, 0.15) is 57.5 Å². The molecule has 4 heteroatoms. The van der Waals surface area contributed by atoms with Crippen LogP contribution in [0.15, 0.2) is 0 Å². The van der Waals surface area contributed by atoms with E-state index in [-0.39, 0.29) is 0 Å². The smallest absolute Gasteiger partial charge is 0.185 e. The second-order valence-corrected chi connectivity index (χ2v) is 7.97. The van der Waals surface area contributed by atoms with Gasteiger partial charge in [0.2, 0.25) is 0 Å². The van der Waals surface area contributed by atoms with E-state index >= 15 is 0 Å². The van der Waals surface area contributed by atoms with Crippen molar-refractivity contribution in [1.82, 2.24) is 10.3 Å². The molecule has 1 N–H and O–H groups in total. The first kappa shape index (κ1) is 16.8. The van der Waals surface area contributed by atoms with Crippen LogP contribution in [0, 0.1) is 18.3 Å². The number of aromatic nitrogens is 1. The van der Waals surface area contributed by atoms with Gasteiger partial charge in [-0.15, -0.1) is 11.3 Å². The second kappa shape index (κ2) is 7.10. The molecule has 0 aromatic carbocycles. The Morgan fingerprint density at radius 1 is 1.33 bits per heavy atom. The predicted molar refractivity (Wildman–Crippen MR) is 93.2 cm³/mol. The summed E-state index contributed by atoms with van der Waals surface area (Å²) in [6.45, 7) is 15.7. The zero-order valence-corrected chi connectivity index (χ0v) is 15.1. The van der Waals surface area contributed by atoms with Gasteiger partial charge in [0.15, 0.2) is 5.13 Å². The monoisotopic (exact) mass is 309 g/mol. The highest BCUT2D eigenvalue weighted by Crippen LogP contribution is 2.40. The maximum atomic E-state index is 4.83. The van der Waals surface area contributed by atoms with Crippen LogP contribution in [-0.4, -0.2) is 24.6 Å². The fraction of sp³-hybridized carbons (Fsp3) is 0.824. The first-order valence-electron chi connectivity index (χ1n) is 8.41. The summed E-state index contributed by atoms with van der Waals surface area (Å²) >= 11 is 1.88. The summed E-state index contributed by atoms with van der Waals surface area (Å²) in [4.78, 5) is 8.74. The predicted octanol–water partition coefficient (Wildman–Crippen LogP) is 4.21. The van der Waals surface area contributed by atoms with E-state index < -0.39 is 0 Å². The van der Waals surface area contributed by atoms with Gasteiger partial charge >= 0.3 is 0 Å². The molecule has 0 bridgehead atoms. The molecule has 3 nitrogen and oxygen atoms in total. The quantitative estimate of drug-likeness (QED) is 0.817. The lowest BCUT2D eigenvalue weighted by Crippen LogP contribution is -2.25. The van der Waals surface area contributed by atoms with Crippen LogP contribution in [0.4, 0.5) is 5.13 Å². The second-order valence-electron chi connectivity index (χ2n) is 6.91. The van der Waals surface area contributed by atoms with Gasteiger partial charge in [-0.1, -0.05) is 27.7 Å². The van der Waals surface area contributed by atoms with E-state index in [1.54, 1.807) is 0 Å². The van der Waals surface area contributed by atoms with Gasteiger partial charge in [0.05, 0.1) is 5.69 Å². The summed E-state index contributed by atoms with van der Waals surface area (Å²) < 4.78 is 0. The highest BCUT2D eigenvalue weighted by molar-refractivity contribution is 7.15. The lowest BCUT2D eigenvalue weighted by molar-refractivity contribution is 0.301. The van der Waals surface area contributed by atoms with E-state index in [0.29, 0.717) is 11.3 Å². The zero-order chi connectivity index (χ0) is 15.5. The Hall–Kier alpha value is -0.610. The summed E-state index contributed by atoms with van der Waals surface area (Å²) in [5.41, 5.74) is 1.73. The van der Waals surface area contributed by atoms with Crippen LogP contribution < -0.4 is 10.2 Å². The minimum absolute atomic E-state index is 0.523. The first-order chi connectivity index (χ1) is 9.99. The van der Waals surface area contributed by atoms with Crippen molar-refractivity contribution in [3.05, 3.63) is 10.6 Å². The van der Waals surface area contributed by atoms with Gasteiger partial charge in [-0.05, 0) is 44.1 Å². The highest BCUT2D eigenvalue weighted by atomic mass is 32.1. The molecule has 2 rings (SSSR count). The van der Waals surface area contributed by atoms with E-state index in [1.165, 1.54) is 48.1 Å². The number of aryl methyl sites for hydroxylation is 1. The summed E-state index contributed by atoms with van der Waals surface area (Å²) in [5.74, 6) is 0.700. The van der Waals surface area contributed by atoms with Crippen molar-refractivity contribution in [2.24, 2.45) is 11.3 Å². The molecular weight excluding hydrogens is 278 g/mol. The third kappa shape index (κ3) is 3.98. The minimum atomic E-state index is 0.523. The van der Waals surface area contributed by atoms with Crippen LogP contribution in [0.25, 0.3) is 0 Å². The Morgan fingerprint density at radius 2 is 2.05 bits per heavy atom. The molecule has 1 aromatic heterocycles. The number of anilines is 1. The highest BCUT2D eigenvalue weighted by Gasteiger charge is 2.36. The number of hydrogen-bond acceptors (Lipinski definition) is 4. The van der Waals surface area contributed by atoms with E-state index in [4.69, 9.17) is 4.98 Å². The van der Waals surface area contributed by atoms with Gasteiger partial charge in [0.25, 0.3) is 0 Å². The molecule has 0 radical (unpaired) electrons. The van der Waals surface area contributed by atoms with Gasteiger partial charge in [-0.3, -0.25) is 0 Å². The fourth-order valence-electron chi connectivity index (χ4n) is 3.11. The van der Waals surface area contributed by atoms with Crippen LogP contribution >= 0.6 is 11.3 Å². The molecule has 0 spiro atoms. The summed E-state index contributed by atoms with van der Waals surface area (Å²) in [7, 11) is 0. The minimum Gasteiger partial charge on any atom is -0.348 e. The number of thiazole rings is 1. The molecule has 0 unspecified atom stereocenters. The van der Waals surface area contributed by atoms with E-state index in [1.807, 2.05) is 11.3 Å². The molecule has 1 aromatic rings. The molecule has 0 atom stereocenters. The third-order valence-electron chi connectivity index (χ3n) is 4.93.